The van der Waals surface area contributed by atoms with Crippen LogP contribution in [0, 0.1) is 0 Å². The van der Waals surface area contributed by atoms with Gasteiger partial charge in [-0.05, 0) is 49.1 Å². The van der Waals surface area contributed by atoms with Crippen molar-refractivity contribution in [3.8, 4) is 0 Å². The Balaban J connectivity index is 1.97. The first-order valence-corrected chi connectivity index (χ1v) is 10.3. The maximum atomic E-state index is 13.2. The van der Waals surface area contributed by atoms with Crippen LogP contribution in [0.25, 0.3) is 0 Å². The molecule has 0 aliphatic carbocycles. The first-order chi connectivity index (χ1) is 15.3. The lowest BCUT2D eigenvalue weighted by atomic mass is 9.82. The minimum Gasteiger partial charge on any atom is -0.371 e. The molecule has 3 rings (SSSR count). The minimum absolute atomic E-state index is 0.0884. The lowest BCUT2D eigenvalue weighted by Crippen LogP contribution is -2.50. The van der Waals surface area contributed by atoms with Gasteiger partial charge in [0.15, 0.2) is 0 Å². The van der Waals surface area contributed by atoms with E-state index < -0.39 is 35.1 Å². The molecule has 3 nitrogen and oxygen atoms in total. The van der Waals surface area contributed by atoms with E-state index in [1.54, 1.807) is 24.4 Å². The van der Waals surface area contributed by atoms with Gasteiger partial charge in [-0.15, -0.1) is 0 Å². The number of amides is 1. The summed E-state index contributed by atoms with van der Waals surface area (Å²) in [6.07, 6.45) is -6.41. The number of rotatable bonds is 5. The van der Waals surface area contributed by atoms with Gasteiger partial charge in [0.25, 0.3) is 0 Å². The number of hydrogen-bond donors (Lipinski definition) is 0. The summed E-state index contributed by atoms with van der Waals surface area (Å²) in [5.74, 6) is -0.260. The van der Waals surface area contributed by atoms with Crippen LogP contribution in [0.4, 0.5) is 26.3 Å². The van der Waals surface area contributed by atoms with Crippen molar-refractivity contribution in [1.82, 2.24) is 4.90 Å². The van der Waals surface area contributed by atoms with Gasteiger partial charge in [-0.3, -0.25) is 4.79 Å². The fourth-order valence-corrected chi connectivity index (χ4v) is 4.00. The first-order valence-electron chi connectivity index (χ1n) is 10.3. The van der Waals surface area contributed by atoms with Crippen molar-refractivity contribution >= 4 is 5.91 Å². The van der Waals surface area contributed by atoms with Crippen LogP contribution in [0.15, 0.2) is 60.8 Å². The van der Waals surface area contributed by atoms with Gasteiger partial charge >= 0.3 is 12.4 Å². The lowest BCUT2D eigenvalue weighted by Gasteiger charge is -2.44. The number of halogens is 6. The average molecular weight is 471 g/mol. The Labute approximate surface area is 187 Å². The molecule has 2 aromatic rings. The monoisotopic (exact) mass is 471 g/mol. The third-order valence-electron chi connectivity index (χ3n) is 5.74. The highest BCUT2D eigenvalue weighted by atomic mass is 19.4. The minimum atomic E-state index is -4.94. The number of carbonyl (C=O) groups excluding carboxylic acids is 1. The molecular weight excluding hydrogens is 448 g/mol. The topological polar surface area (TPSA) is 29.5 Å². The quantitative estimate of drug-likeness (QED) is 0.446. The number of alkyl halides is 6. The summed E-state index contributed by atoms with van der Waals surface area (Å²) in [6, 6.07) is 10.4. The summed E-state index contributed by atoms with van der Waals surface area (Å²) in [5.41, 5.74) is -3.22. The Morgan fingerprint density at radius 1 is 1.03 bits per heavy atom. The van der Waals surface area contributed by atoms with E-state index in [1.807, 2.05) is 18.2 Å². The van der Waals surface area contributed by atoms with Crippen molar-refractivity contribution in [2.75, 3.05) is 6.61 Å². The predicted molar refractivity (Wildman–Crippen MR) is 110 cm³/mol. The Morgan fingerprint density at radius 3 is 2.12 bits per heavy atom. The standard InChI is InChI=1S/C24H23F6NO2/c1-16(18-12-20(23(25,26)27)14-21(13-18)24(28,29)30)33-15-22(19-8-4-3-5-9-19)10-6-7-11-31(22)17(2)32/h3-5,7-9,11-14,16H,6,10,15H2,1-2H3/t16-,22-/m1/s1. The van der Waals surface area contributed by atoms with Gasteiger partial charge in [0, 0.05) is 13.1 Å². The zero-order chi connectivity index (χ0) is 24.4. The van der Waals surface area contributed by atoms with Gasteiger partial charge in [-0.1, -0.05) is 36.4 Å². The first kappa shape index (κ1) is 24.8. The maximum absolute atomic E-state index is 13.2. The molecule has 0 aromatic heterocycles. The zero-order valence-electron chi connectivity index (χ0n) is 18.0. The normalized spacial score (nSPS) is 20.1. The summed E-state index contributed by atoms with van der Waals surface area (Å²) in [7, 11) is 0. The van der Waals surface area contributed by atoms with Crippen molar-refractivity contribution in [3.05, 3.63) is 83.1 Å². The molecule has 9 heteroatoms. The second-order valence-electron chi connectivity index (χ2n) is 8.00. The Morgan fingerprint density at radius 2 is 1.61 bits per heavy atom. The van der Waals surface area contributed by atoms with Crippen LogP contribution in [0.5, 0.6) is 0 Å². The van der Waals surface area contributed by atoms with E-state index in [2.05, 4.69) is 0 Å². The molecular formula is C24H23F6NO2. The third-order valence-corrected chi connectivity index (χ3v) is 5.74. The smallest absolute Gasteiger partial charge is 0.371 e. The molecule has 0 N–H and O–H groups in total. The van der Waals surface area contributed by atoms with Crippen LogP contribution < -0.4 is 0 Å². The van der Waals surface area contributed by atoms with Crippen LogP contribution in [0.1, 0.15) is 55.0 Å². The number of allylic oxidation sites excluding steroid dienone is 1. The van der Waals surface area contributed by atoms with Crippen molar-refractivity contribution in [3.63, 3.8) is 0 Å². The highest BCUT2D eigenvalue weighted by Crippen LogP contribution is 2.41. The van der Waals surface area contributed by atoms with Crippen molar-refractivity contribution in [1.29, 1.82) is 0 Å². The van der Waals surface area contributed by atoms with Gasteiger partial charge in [0.1, 0.15) is 0 Å². The summed E-state index contributed by atoms with van der Waals surface area (Å²) in [5, 5.41) is 0. The maximum Gasteiger partial charge on any atom is 0.416 e. The van der Waals surface area contributed by atoms with Crippen LogP contribution in [0.2, 0.25) is 0 Å². The summed E-state index contributed by atoms with van der Waals surface area (Å²) in [6.45, 7) is 2.67. The zero-order valence-corrected chi connectivity index (χ0v) is 18.0. The fourth-order valence-electron chi connectivity index (χ4n) is 4.00. The molecule has 2 atom stereocenters. The molecule has 0 unspecified atom stereocenters. The van der Waals surface area contributed by atoms with Crippen LogP contribution in [-0.2, 0) is 27.4 Å². The predicted octanol–water partition coefficient (Wildman–Crippen LogP) is 6.85. The number of ether oxygens (including phenoxy) is 1. The number of nitrogens with zero attached hydrogens (tertiary/aromatic N) is 1. The second kappa shape index (κ2) is 9.21. The Kier molecular flexibility index (Phi) is 6.93. The van der Waals surface area contributed by atoms with Crippen LogP contribution in [-0.4, -0.2) is 17.4 Å². The van der Waals surface area contributed by atoms with E-state index in [4.69, 9.17) is 4.74 Å². The molecule has 1 heterocycles. The SMILES string of the molecule is CC(=O)N1C=CCC[C@@]1(CO[C@H](C)c1cc(C(F)(F)F)cc(C(F)(F)F)c1)c1ccccc1. The van der Waals surface area contributed by atoms with E-state index in [1.165, 1.54) is 18.7 Å². The molecule has 0 spiro atoms. The molecule has 2 aromatic carbocycles. The van der Waals surface area contributed by atoms with E-state index in [9.17, 15) is 31.1 Å². The molecule has 33 heavy (non-hydrogen) atoms. The Hall–Kier alpha value is -2.81. The summed E-state index contributed by atoms with van der Waals surface area (Å²) in [4.78, 5) is 13.9. The molecule has 1 amide bonds. The lowest BCUT2D eigenvalue weighted by molar-refractivity contribution is -0.143. The van der Waals surface area contributed by atoms with Gasteiger partial charge in [-0.25, -0.2) is 0 Å². The number of hydrogen-bond acceptors (Lipinski definition) is 2. The fraction of sp³-hybridized carbons (Fsp3) is 0.375. The van der Waals surface area contributed by atoms with E-state index in [-0.39, 0.29) is 24.1 Å². The average Bonchev–Trinajstić information content (AvgIpc) is 2.76. The van der Waals surface area contributed by atoms with Crippen molar-refractivity contribution in [2.24, 2.45) is 0 Å². The van der Waals surface area contributed by atoms with Crippen LogP contribution >= 0.6 is 0 Å². The molecule has 0 radical (unpaired) electrons. The summed E-state index contributed by atoms with van der Waals surface area (Å²) < 4.78 is 85.3. The van der Waals surface area contributed by atoms with Crippen molar-refractivity contribution < 1.29 is 35.9 Å². The highest BCUT2D eigenvalue weighted by Gasteiger charge is 2.42. The largest absolute Gasteiger partial charge is 0.416 e. The molecule has 1 aliphatic heterocycles. The molecule has 1 aliphatic rings. The van der Waals surface area contributed by atoms with Gasteiger partial charge < -0.3 is 9.64 Å². The summed E-state index contributed by atoms with van der Waals surface area (Å²) >= 11 is 0. The second-order valence-corrected chi connectivity index (χ2v) is 8.00. The van der Waals surface area contributed by atoms with Crippen molar-refractivity contribution in [2.45, 2.75) is 50.7 Å². The highest BCUT2D eigenvalue weighted by molar-refractivity contribution is 5.76. The van der Waals surface area contributed by atoms with E-state index >= 15 is 0 Å². The molecule has 178 valence electrons. The van der Waals surface area contributed by atoms with Gasteiger partial charge in [0.2, 0.25) is 5.91 Å². The van der Waals surface area contributed by atoms with Crippen LogP contribution in [0.3, 0.4) is 0 Å². The van der Waals surface area contributed by atoms with Gasteiger partial charge in [-0.2, -0.15) is 26.3 Å². The molecule has 0 saturated carbocycles. The van der Waals surface area contributed by atoms with E-state index in [0.29, 0.717) is 25.0 Å². The van der Waals surface area contributed by atoms with Gasteiger partial charge in [0.05, 0.1) is 29.4 Å². The Bertz CT molecular complexity index is 984. The van der Waals surface area contributed by atoms with E-state index in [0.717, 1.165) is 5.56 Å². The number of benzene rings is 2. The number of carbonyl (C=O) groups is 1. The molecule has 0 fully saturated rings. The molecule has 0 bridgehead atoms. The molecule has 0 saturated heterocycles. The third kappa shape index (κ3) is 5.40.